The average Bonchev–Trinajstić information content (AvgIpc) is 2.82. The van der Waals surface area contributed by atoms with E-state index in [1.54, 1.807) is 4.90 Å². The average molecular weight is 371 g/mol. The van der Waals surface area contributed by atoms with Crippen LogP contribution in [0.3, 0.4) is 0 Å². The van der Waals surface area contributed by atoms with Crippen molar-refractivity contribution in [3.8, 4) is 0 Å². The molecule has 7 heteroatoms. The SMILES string of the molecule is C[C@@H]1CCC2[C@@H](C)[C@@H](OCC(O)N(C)C)O[C@@H]3O[C@@]4(C)CCC1[C@@]23OO4. The second-order valence-corrected chi connectivity index (χ2v) is 9.05. The summed E-state index contributed by atoms with van der Waals surface area (Å²) in [4.78, 5) is 13.6. The summed E-state index contributed by atoms with van der Waals surface area (Å²) in [6, 6.07) is 0. The highest BCUT2D eigenvalue weighted by Gasteiger charge is 2.69. The molecule has 0 aromatic carbocycles. The van der Waals surface area contributed by atoms with Gasteiger partial charge in [0.2, 0.25) is 5.79 Å². The van der Waals surface area contributed by atoms with Crippen molar-refractivity contribution in [3.63, 3.8) is 0 Å². The maximum Gasteiger partial charge on any atom is 0.201 e. The standard InChI is InChI=1S/C19H33NO6/c1-11-6-7-14-12(2)16(22-10-15(21)20(4)5)23-17-19(14)13(11)8-9-18(3,24-17)25-26-19/h11-17,21H,6-10H2,1-5H3/t11-,12-,13?,14?,15?,16+,17-,18-,19-/m1/s1. The van der Waals surface area contributed by atoms with Crippen molar-refractivity contribution >= 4 is 0 Å². The highest BCUT2D eigenvalue weighted by Crippen LogP contribution is 2.60. The molecule has 1 N–H and O–H groups in total. The number of hydrogen-bond donors (Lipinski definition) is 1. The fraction of sp³-hybridized carbons (Fsp3) is 1.00. The van der Waals surface area contributed by atoms with Gasteiger partial charge in [-0.2, -0.15) is 0 Å². The molecule has 3 unspecified atom stereocenters. The van der Waals surface area contributed by atoms with Crippen molar-refractivity contribution in [1.29, 1.82) is 0 Å². The third kappa shape index (κ3) is 2.83. The summed E-state index contributed by atoms with van der Waals surface area (Å²) in [6.07, 6.45) is 2.44. The predicted molar refractivity (Wildman–Crippen MR) is 92.5 cm³/mol. The van der Waals surface area contributed by atoms with Gasteiger partial charge in [-0.05, 0) is 52.1 Å². The molecule has 1 spiro atoms. The number of fused-ring (bicyclic) bond motifs is 2. The quantitative estimate of drug-likeness (QED) is 0.599. The molecule has 0 aromatic heterocycles. The summed E-state index contributed by atoms with van der Waals surface area (Å²) < 4.78 is 18.6. The molecule has 5 rings (SSSR count). The molecule has 1 saturated carbocycles. The van der Waals surface area contributed by atoms with E-state index in [0.29, 0.717) is 11.8 Å². The monoisotopic (exact) mass is 371 g/mol. The van der Waals surface area contributed by atoms with Crippen molar-refractivity contribution in [2.24, 2.45) is 23.7 Å². The first-order valence-electron chi connectivity index (χ1n) is 9.93. The van der Waals surface area contributed by atoms with Crippen LogP contribution < -0.4 is 0 Å². The van der Waals surface area contributed by atoms with Gasteiger partial charge < -0.3 is 19.3 Å². The molecule has 5 fully saturated rings. The highest BCUT2D eigenvalue weighted by atomic mass is 17.3. The van der Waals surface area contributed by atoms with E-state index in [1.807, 2.05) is 21.0 Å². The van der Waals surface area contributed by atoms with E-state index in [9.17, 15) is 5.11 Å². The van der Waals surface area contributed by atoms with E-state index >= 15 is 0 Å². The number of aliphatic hydroxyl groups excluding tert-OH is 1. The molecular weight excluding hydrogens is 338 g/mol. The van der Waals surface area contributed by atoms with Crippen LogP contribution in [0, 0.1) is 23.7 Å². The number of rotatable bonds is 4. The summed E-state index contributed by atoms with van der Waals surface area (Å²) in [7, 11) is 3.64. The van der Waals surface area contributed by atoms with Crippen LogP contribution >= 0.6 is 0 Å². The first-order valence-corrected chi connectivity index (χ1v) is 9.93. The van der Waals surface area contributed by atoms with Crippen LogP contribution in [-0.2, 0) is 24.0 Å². The van der Waals surface area contributed by atoms with Crippen LogP contribution in [0.5, 0.6) is 0 Å². The van der Waals surface area contributed by atoms with Crippen LogP contribution in [0.25, 0.3) is 0 Å². The van der Waals surface area contributed by atoms with E-state index in [0.717, 1.165) is 19.3 Å². The number of nitrogens with zero attached hydrogens (tertiary/aromatic N) is 1. The van der Waals surface area contributed by atoms with Gasteiger partial charge in [0.15, 0.2) is 18.2 Å². The molecule has 1 aliphatic carbocycles. The Labute approximate surface area is 155 Å². The van der Waals surface area contributed by atoms with Gasteiger partial charge in [-0.15, -0.1) is 0 Å². The summed E-state index contributed by atoms with van der Waals surface area (Å²) in [5, 5.41) is 10.0. The van der Waals surface area contributed by atoms with Gasteiger partial charge in [-0.3, -0.25) is 4.90 Å². The zero-order valence-electron chi connectivity index (χ0n) is 16.5. The Bertz CT molecular complexity index is 532. The molecule has 0 aromatic rings. The minimum Gasteiger partial charge on any atom is -0.376 e. The molecular formula is C19H33NO6. The highest BCUT2D eigenvalue weighted by molar-refractivity contribution is 5.09. The van der Waals surface area contributed by atoms with Crippen LogP contribution in [0.2, 0.25) is 0 Å². The lowest BCUT2D eigenvalue weighted by Gasteiger charge is -2.60. The second-order valence-electron chi connectivity index (χ2n) is 9.05. The number of hydrogen-bond acceptors (Lipinski definition) is 7. The fourth-order valence-electron chi connectivity index (χ4n) is 5.39. The third-order valence-electron chi connectivity index (χ3n) is 7.10. The van der Waals surface area contributed by atoms with Crippen molar-refractivity contribution in [1.82, 2.24) is 4.90 Å². The Morgan fingerprint density at radius 2 is 1.92 bits per heavy atom. The first-order chi connectivity index (χ1) is 12.3. The molecule has 4 aliphatic heterocycles. The topological polar surface area (TPSA) is 69.6 Å². The first kappa shape index (κ1) is 19.1. The van der Waals surface area contributed by atoms with Crippen molar-refractivity contribution < 1.29 is 29.1 Å². The lowest BCUT2D eigenvalue weighted by Crippen LogP contribution is -2.70. The lowest BCUT2D eigenvalue weighted by atomic mass is 9.58. The minimum absolute atomic E-state index is 0.130. The summed E-state index contributed by atoms with van der Waals surface area (Å²) in [5.41, 5.74) is -0.562. The third-order valence-corrected chi connectivity index (χ3v) is 7.10. The van der Waals surface area contributed by atoms with Gasteiger partial charge in [0.1, 0.15) is 6.23 Å². The molecule has 150 valence electrons. The fourth-order valence-corrected chi connectivity index (χ4v) is 5.39. The Balaban J connectivity index is 1.60. The van der Waals surface area contributed by atoms with Crippen molar-refractivity contribution in [2.45, 2.75) is 76.7 Å². The van der Waals surface area contributed by atoms with Gasteiger partial charge in [-0.1, -0.05) is 13.8 Å². The van der Waals surface area contributed by atoms with Crippen LogP contribution in [0.15, 0.2) is 0 Å². The lowest BCUT2D eigenvalue weighted by molar-refractivity contribution is -0.577. The van der Waals surface area contributed by atoms with Crippen LogP contribution in [0.1, 0.15) is 46.5 Å². The van der Waals surface area contributed by atoms with E-state index < -0.39 is 30.2 Å². The van der Waals surface area contributed by atoms with E-state index in [4.69, 9.17) is 24.0 Å². The molecule has 0 amide bonds. The maximum absolute atomic E-state index is 10.0. The van der Waals surface area contributed by atoms with Crippen molar-refractivity contribution in [2.75, 3.05) is 20.7 Å². The Kier molecular flexibility index (Phi) is 4.88. The van der Waals surface area contributed by atoms with Crippen LogP contribution in [-0.4, -0.2) is 60.9 Å². The van der Waals surface area contributed by atoms with Gasteiger partial charge >= 0.3 is 0 Å². The summed E-state index contributed by atoms with van der Waals surface area (Å²) in [5.74, 6) is 0.500. The summed E-state index contributed by atoms with van der Waals surface area (Å²) >= 11 is 0. The smallest absolute Gasteiger partial charge is 0.201 e. The minimum atomic E-state index is -0.772. The number of ether oxygens (including phenoxy) is 3. The predicted octanol–water partition coefficient (Wildman–Crippen LogP) is 2.09. The Morgan fingerprint density at radius 1 is 1.15 bits per heavy atom. The molecule has 4 saturated heterocycles. The second kappa shape index (κ2) is 6.65. The molecule has 2 bridgehead atoms. The van der Waals surface area contributed by atoms with Gasteiger partial charge in [0, 0.05) is 18.3 Å². The molecule has 7 nitrogen and oxygen atoms in total. The van der Waals surface area contributed by atoms with E-state index in [1.165, 1.54) is 6.42 Å². The zero-order chi connectivity index (χ0) is 18.7. The number of likely N-dealkylation sites (N-methyl/N-ethyl adjacent to an activating group) is 1. The largest absolute Gasteiger partial charge is 0.376 e. The van der Waals surface area contributed by atoms with Gasteiger partial charge in [0.05, 0.1) is 6.61 Å². The maximum atomic E-state index is 10.0. The van der Waals surface area contributed by atoms with E-state index in [-0.39, 0.29) is 18.4 Å². The number of aliphatic hydroxyl groups is 1. The van der Waals surface area contributed by atoms with E-state index in [2.05, 4.69) is 13.8 Å². The Morgan fingerprint density at radius 3 is 2.65 bits per heavy atom. The molecule has 9 atom stereocenters. The molecule has 26 heavy (non-hydrogen) atoms. The Hall–Kier alpha value is -0.280. The van der Waals surface area contributed by atoms with Crippen molar-refractivity contribution in [3.05, 3.63) is 0 Å². The molecule has 4 heterocycles. The molecule has 5 aliphatic rings. The van der Waals surface area contributed by atoms with Gasteiger partial charge in [0.25, 0.3) is 0 Å². The summed E-state index contributed by atoms with van der Waals surface area (Å²) in [6.45, 7) is 6.57. The normalized spacial score (nSPS) is 51.8. The van der Waals surface area contributed by atoms with Crippen LogP contribution in [0.4, 0.5) is 0 Å². The molecule has 0 radical (unpaired) electrons. The zero-order valence-corrected chi connectivity index (χ0v) is 16.5. The van der Waals surface area contributed by atoms with Gasteiger partial charge in [-0.25, -0.2) is 9.78 Å².